The van der Waals surface area contributed by atoms with Crippen molar-refractivity contribution in [1.29, 1.82) is 0 Å². The third kappa shape index (κ3) is 3.67. The molecule has 2 aromatic carbocycles. The highest BCUT2D eigenvalue weighted by Gasteiger charge is 2.44. The van der Waals surface area contributed by atoms with Crippen molar-refractivity contribution in [3.05, 3.63) is 77.6 Å². The summed E-state index contributed by atoms with van der Waals surface area (Å²) in [6.45, 7) is 0. The van der Waals surface area contributed by atoms with E-state index in [0.717, 1.165) is 42.6 Å². The second-order valence-electron chi connectivity index (χ2n) is 8.46. The van der Waals surface area contributed by atoms with Gasteiger partial charge in [-0.15, -0.1) is 0 Å². The highest BCUT2D eigenvalue weighted by atomic mass is 32.2. The van der Waals surface area contributed by atoms with Crippen LogP contribution in [0.4, 0.5) is 0 Å². The number of carbonyl (C=O) groups excluding carboxylic acids is 1. The second-order valence-corrected chi connectivity index (χ2v) is 10.5. The maximum Gasteiger partial charge on any atom is 0.223 e. The lowest BCUT2D eigenvalue weighted by atomic mass is 9.98. The minimum Gasteiger partial charge on any atom is -0.332 e. The average molecular weight is 436 g/mol. The van der Waals surface area contributed by atoms with Crippen LogP contribution in [0.25, 0.3) is 5.69 Å². The van der Waals surface area contributed by atoms with Gasteiger partial charge in [0.1, 0.15) is 0 Å². The zero-order chi connectivity index (χ0) is 21.6. The lowest BCUT2D eigenvalue weighted by Gasteiger charge is -2.35. The third-order valence-corrected chi connectivity index (χ3v) is 7.59. The van der Waals surface area contributed by atoms with Gasteiger partial charge >= 0.3 is 0 Å². The smallest absolute Gasteiger partial charge is 0.223 e. The molecular weight excluding hydrogens is 410 g/mol. The molecule has 0 aliphatic carbocycles. The molecule has 1 saturated heterocycles. The van der Waals surface area contributed by atoms with Crippen molar-refractivity contribution < 1.29 is 13.2 Å². The molecule has 0 N–H and O–H groups in total. The summed E-state index contributed by atoms with van der Waals surface area (Å²) in [6, 6.07) is 17.2. The van der Waals surface area contributed by atoms with Crippen LogP contribution in [0.3, 0.4) is 0 Å². The van der Waals surface area contributed by atoms with Crippen LogP contribution in [0.1, 0.15) is 42.1 Å². The molecule has 31 heavy (non-hydrogen) atoms. The number of hydrogen-bond donors (Lipinski definition) is 0. The fourth-order valence-corrected chi connectivity index (χ4v) is 5.57. The van der Waals surface area contributed by atoms with Crippen molar-refractivity contribution in [1.82, 2.24) is 14.7 Å². The first kappa shape index (κ1) is 20.0. The topological polar surface area (TPSA) is 72.3 Å². The monoisotopic (exact) mass is 435 g/mol. The minimum atomic E-state index is -3.23. The molecule has 2 atom stereocenters. The molecule has 1 aromatic heterocycles. The highest BCUT2D eigenvalue weighted by molar-refractivity contribution is 7.90. The van der Waals surface area contributed by atoms with Crippen LogP contribution in [-0.2, 0) is 27.5 Å². The zero-order valence-electron chi connectivity index (χ0n) is 17.4. The molecule has 0 saturated carbocycles. The van der Waals surface area contributed by atoms with E-state index in [1.165, 1.54) is 11.8 Å². The number of benzene rings is 2. The largest absolute Gasteiger partial charge is 0.332 e. The van der Waals surface area contributed by atoms with Crippen LogP contribution in [0.5, 0.6) is 0 Å². The molecule has 160 valence electrons. The van der Waals surface area contributed by atoms with E-state index < -0.39 is 9.84 Å². The summed E-state index contributed by atoms with van der Waals surface area (Å²) in [5.74, 6) is 0.215. The summed E-state index contributed by atoms with van der Waals surface area (Å²) in [6.07, 6.45) is 7.11. The fourth-order valence-electron chi connectivity index (χ4n) is 4.94. The van der Waals surface area contributed by atoms with Gasteiger partial charge in [-0.1, -0.05) is 30.3 Å². The minimum absolute atomic E-state index is 0.0843. The van der Waals surface area contributed by atoms with Crippen molar-refractivity contribution in [3.8, 4) is 5.69 Å². The Balaban J connectivity index is 1.37. The fraction of sp³-hybridized carbons (Fsp3) is 0.333. The van der Waals surface area contributed by atoms with Gasteiger partial charge in [-0.05, 0) is 49.1 Å². The van der Waals surface area contributed by atoms with Crippen LogP contribution in [0.15, 0.2) is 65.7 Å². The molecular formula is C24H25N3O3S. The molecule has 0 radical (unpaired) electrons. The van der Waals surface area contributed by atoms with Gasteiger partial charge in [0.2, 0.25) is 5.91 Å². The number of rotatable bonds is 5. The number of sulfone groups is 1. The molecule has 1 amide bonds. The Bertz CT molecular complexity index is 1220. The van der Waals surface area contributed by atoms with Gasteiger partial charge in [-0.2, -0.15) is 5.10 Å². The van der Waals surface area contributed by atoms with E-state index in [2.05, 4.69) is 22.1 Å². The van der Waals surface area contributed by atoms with Gasteiger partial charge < -0.3 is 4.90 Å². The molecule has 0 unspecified atom stereocenters. The lowest BCUT2D eigenvalue weighted by Crippen LogP contribution is -2.42. The van der Waals surface area contributed by atoms with Gasteiger partial charge in [0.05, 0.1) is 28.5 Å². The van der Waals surface area contributed by atoms with Gasteiger partial charge in [0, 0.05) is 30.7 Å². The molecule has 2 aliphatic heterocycles. The highest BCUT2D eigenvalue weighted by Crippen LogP contribution is 2.44. The van der Waals surface area contributed by atoms with Gasteiger partial charge in [0.25, 0.3) is 0 Å². The van der Waals surface area contributed by atoms with E-state index in [-0.39, 0.29) is 18.0 Å². The Morgan fingerprint density at radius 3 is 2.52 bits per heavy atom. The summed E-state index contributed by atoms with van der Waals surface area (Å²) in [4.78, 5) is 15.5. The third-order valence-electron chi connectivity index (χ3n) is 6.46. The summed E-state index contributed by atoms with van der Waals surface area (Å²) >= 11 is 0. The Morgan fingerprint density at radius 2 is 1.81 bits per heavy atom. The molecule has 6 nitrogen and oxygen atoms in total. The van der Waals surface area contributed by atoms with E-state index in [9.17, 15) is 13.2 Å². The van der Waals surface area contributed by atoms with Crippen LogP contribution in [-0.4, -0.2) is 41.3 Å². The molecule has 1 fully saturated rings. The second kappa shape index (κ2) is 7.64. The van der Waals surface area contributed by atoms with E-state index in [0.29, 0.717) is 11.3 Å². The maximum absolute atomic E-state index is 13.1. The van der Waals surface area contributed by atoms with Crippen molar-refractivity contribution in [2.45, 2.75) is 49.1 Å². The number of amides is 1. The van der Waals surface area contributed by atoms with E-state index in [4.69, 9.17) is 0 Å². The number of carbonyl (C=O) groups is 1. The van der Waals surface area contributed by atoms with Gasteiger partial charge in [-0.25, -0.2) is 13.1 Å². The van der Waals surface area contributed by atoms with Crippen LogP contribution in [0, 0.1) is 0 Å². The first-order valence-electron chi connectivity index (χ1n) is 10.6. The average Bonchev–Trinajstić information content (AvgIpc) is 3.33. The van der Waals surface area contributed by atoms with Gasteiger partial charge in [-0.3, -0.25) is 4.79 Å². The van der Waals surface area contributed by atoms with Crippen LogP contribution in [0.2, 0.25) is 0 Å². The van der Waals surface area contributed by atoms with E-state index in [1.807, 2.05) is 29.1 Å². The quantitative estimate of drug-likeness (QED) is 0.615. The Hall–Kier alpha value is -2.93. The Morgan fingerprint density at radius 1 is 1.06 bits per heavy atom. The summed E-state index contributed by atoms with van der Waals surface area (Å²) < 4.78 is 25.4. The number of fused-ring (bicyclic) bond motifs is 4. The molecule has 7 heteroatoms. The van der Waals surface area contributed by atoms with Crippen LogP contribution < -0.4 is 0 Å². The Kier molecular flexibility index (Phi) is 4.93. The standard InChI is InChI=1S/C24H25N3O3S/c1-31(29,30)20-11-8-18(9-12-20)27-23-15-19-10-13-22(21(23)16-25-27)26(19)24(28)14-7-17-5-3-2-4-6-17/h2-6,8-9,11-12,16,19,22H,7,10,13-15H2,1H3/t19-,22-/m0/s1. The molecule has 2 bridgehead atoms. The summed E-state index contributed by atoms with van der Waals surface area (Å²) in [5, 5.41) is 4.60. The molecule has 2 aliphatic rings. The van der Waals surface area contributed by atoms with Crippen molar-refractivity contribution in [3.63, 3.8) is 0 Å². The number of aromatic nitrogens is 2. The molecule has 3 aromatic rings. The normalized spacial score (nSPS) is 20.0. The molecule has 0 spiro atoms. The number of aryl methyl sites for hydroxylation is 1. The number of hydrogen-bond acceptors (Lipinski definition) is 4. The number of nitrogens with zero attached hydrogens (tertiary/aromatic N) is 3. The molecule has 5 rings (SSSR count). The van der Waals surface area contributed by atoms with Crippen LogP contribution >= 0.6 is 0 Å². The van der Waals surface area contributed by atoms with Gasteiger partial charge in [0.15, 0.2) is 9.84 Å². The first-order chi connectivity index (χ1) is 14.9. The SMILES string of the molecule is CS(=O)(=O)c1ccc(-n2ncc3c2C[C@@H]2CC[C@@H]3N2C(=O)CCc2ccccc2)cc1. The maximum atomic E-state index is 13.1. The van der Waals surface area contributed by atoms with E-state index >= 15 is 0 Å². The lowest BCUT2D eigenvalue weighted by molar-refractivity contribution is -0.134. The van der Waals surface area contributed by atoms with Crippen molar-refractivity contribution in [2.24, 2.45) is 0 Å². The zero-order valence-corrected chi connectivity index (χ0v) is 18.3. The van der Waals surface area contributed by atoms with Crippen molar-refractivity contribution in [2.75, 3.05) is 6.26 Å². The summed E-state index contributed by atoms with van der Waals surface area (Å²) in [7, 11) is -3.23. The van der Waals surface area contributed by atoms with Crippen molar-refractivity contribution >= 4 is 15.7 Å². The Labute approximate surface area is 182 Å². The van der Waals surface area contributed by atoms with E-state index in [1.54, 1.807) is 24.3 Å². The summed E-state index contributed by atoms with van der Waals surface area (Å²) in [5.41, 5.74) is 4.28. The predicted molar refractivity (Wildman–Crippen MR) is 118 cm³/mol. The predicted octanol–water partition coefficient (Wildman–Crippen LogP) is 3.50. The molecule has 3 heterocycles. The first-order valence-corrected chi connectivity index (χ1v) is 12.5.